The summed E-state index contributed by atoms with van der Waals surface area (Å²) in [5.41, 5.74) is 5.28. The number of aromatic nitrogens is 5. The summed E-state index contributed by atoms with van der Waals surface area (Å²) in [6.45, 7) is 4.98. The lowest BCUT2D eigenvalue weighted by Gasteiger charge is -2.16. The van der Waals surface area contributed by atoms with Gasteiger partial charge in [0, 0.05) is 60.8 Å². The molecule has 160 valence electrons. The van der Waals surface area contributed by atoms with Crippen molar-refractivity contribution in [1.29, 1.82) is 0 Å². The Labute approximate surface area is 180 Å². The average molecular weight is 419 g/mol. The van der Waals surface area contributed by atoms with Gasteiger partial charge in [0.2, 0.25) is 5.95 Å². The summed E-state index contributed by atoms with van der Waals surface area (Å²) in [6.07, 6.45) is 7.63. The van der Waals surface area contributed by atoms with Gasteiger partial charge in [-0.25, -0.2) is 9.97 Å². The first kappa shape index (κ1) is 20.5. The quantitative estimate of drug-likeness (QED) is 0.260. The summed E-state index contributed by atoms with van der Waals surface area (Å²) in [4.78, 5) is 20.9. The predicted molar refractivity (Wildman–Crippen MR) is 124 cm³/mol. The minimum atomic E-state index is 0.144. The first-order chi connectivity index (χ1) is 15.1. The molecule has 0 aliphatic rings. The molecule has 1 aromatic carbocycles. The van der Waals surface area contributed by atoms with Gasteiger partial charge in [-0.15, -0.1) is 0 Å². The molecule has 0 saturated heterocycles. The summed E-state index contributed by atoms with van der Waals surface area (Å²) >= 11 is 0. The molecule has 3 aromatic heterocycles. The van der Waals surface area contributed by atoms with Gasteiger partial charge in [0.1, 0.15) is 5.82 Å². The van der Waals surface area contributed by atoms with Crippen molar-refractivity contribution < 1.29 is 5.11 Å². The van der Waals surface area contributed by atoms with Gasteiger partial charge in [0.05, 0.1) is 22.9 Å². The molecule has 0 aliphatic heterocycles. The zero-order valence-electron chi connectivity index (χ0n) is 17.6. The molecule has 0 bridgehead atoms. The maximum absolute atomic E-state index is 8.93. The van der Waals surface area contributed by atoms with Crippen LogP contribution >= 0.6 is 0 Å². The van der Waals surface area contributed by atoms with E-state index in [1.165, 1.54) is 0 Å². The summed E-state index contributed by atoms with van der Waals surface area (Å²) < 4.78 is 0. The lowest BCUT2D eigenvalue weighted by Crippen LogP contribution is -2.11. The number of aliphatic hydroxyl groups excluding tert-OH is 1. The van der Waals surface area contributed by atoms with E-state index in [4.69, 9.17) is 5.11 Å². The van der Waals surface area contributed by atoms with Crippen molar-refractivity contribution in [3.8, 4) is 11.3 Å². The van der Waals surface area contributed by atoms with Gasteiger partial charge in [0.15, 0.2) is 0 Å². The lowest BCUT2D eigenvalue weighted by atomic mass is 10.1. The van der Waals surface area contributed by atoms with Gasteiger partial charge in [-0.05, 0) is 38.5 Å². The molecule has 9 heteroatoms. The molecule has 0 saturated carbocycles. The second kappa shape index (κ2) is 9.40. The number of anilines is 4. The molecule has 4 aromatic rings. The van der Waals surface area contributed by atoms with Gasteiger partial charge < -0.3 is 26.0 Å². The number of hydrogen-bond donors (Lipinski definition) is 5. The highest BCUT2D eigenvalue weighted by Gasteiger charge is 2.12. The van der Waals surface area contributed by atoms with Crippen molar-refractivity contribution in [2.24, 2.45) is 0 Å². The van der Waals surface area contributed by atoms with E-state index in [0.717, 1.165) is 39.5 Å². The molecule has 0 radical (unpaired) electrons. The van der Waals surface area contributed by atoms with Gasteiger partial charge >= 0.3 is 0 Å². The Morgan fingerprint density at radius 1 is 1.00 bits per heavy atom. The first-order valence-corrected chi connectivity index (χ1v) is 10.3. The van der Waals surface area contributed by atoms with Crippen molar-refractivity contribution in [1.82, 2.24) is 24.9 Å². The largest absolute Gasteiger partial charge is 0.396 e. The van der Waals surface area contributed by atoms with E-state index < -0.39 is 0 Å². The van der Waals surface area contributed by atoms with Crippen LogP contribution in [0, 0.1) is 0 Å². The van der Waals surface area contributed by atoms with E-state index in [1.54, 1.807) is 18.6 Å². The summed E-state index contributed by atoms with van der Waals surface area (Å²) in [5, 5.41) is 18.9. The highest BCUT2D eigenvalue weighted by atomic mass is 16.3. The summed E-state index contributed by atoms with van der Waals surface area (Å²) in [5.74, 6) is 1.38. The molecule has 0 aliphatic carbocycles. The number of nitrogens with zero attached hydrogens (tertiary/aromatic N) is 4. The zero-order chi connectivity index (χ0) is 21.6. The second-order valence-corrected chi connectivity index (χ2v) is 7.45. The lowest BCUT2D eigenvalue weighted by molar-refractivity contribution is 0.292. The van der Waals surface area contributed by atoms with Crippen LogP contribution < -0.4 is 16.0 Å². The Hall–Kier alpha value is -3.72. The van der Waals surface area contributed by atoms with E-state index in [0.29, 0.717) is 18.9 Å². The highest BCUT2D eigenvalue weighted by molar-refractivity contribution is 5.81. The van der Waals surface area contributed by atoms with Crippen molar-refractivity contribution in [2.75, 3.05) is 29.1 Å². The zero-order valence-corrected chi connectivity index (χ0v) is 17.6. The monoisotopic (exact) mass is 418 g/mol. The van der Waals surface area contributed by atoms with E-state index in [9.17, 15) is 0 Å². The van der Waals surface area contributed by atoms with Gasteiger partial charge in [-0.2, -0.15) is 0 Å². The Morgan fingerprint density at radius 2 is 1.84 bits per heavy atom. The summed E-state index contributed by atoms with van der Waals surface area (Å²) in [7, 11) is 0. The number of pyridine rings is 1. The van der Waals surface area contributed by atoms with Crippen molar-refractivity contribution in [2.45, 2.75) is 26.3 Å². The molecule has 5 N–H and O–H groups in total. The molecule has 0 spiro atoms. The Bertz CT molecular complexity index is 1160. The van der Waals surface area contributed by atoms with E-state index in [2.05, 4.69) is 54.7 Å². The number of aromatic amines is 1. The van der Waals surface area contributed by atoms with Crippen LogP contribution in [0.15, 0.2) is 49.1 Å². The van der Waals surface area contributed by atoms with Crippen molar-refractivity contribution in [3.63, 3.8) is 0 Å². The first-order valence-electron chi connectivity index (χ1n) is 10.3. The van der Waals surface area contributed by atoms with Crippen LogP contribution in [0.25, 0.3) is 22.3 Å². The average Bonchev–Trinajstić information content (AvgIpc) is 3.22. The van der Waals surface area contributed by atoms with E-state index >= 15 is 0 Å². The van der Waals surface area contributed by atoms with E-state index in [-0.39, 0.29) is 12.6 Å². The van der Waals surface area contributed by atoms with Crippen molar-refractivity contribution >= 4 is 34.2 Å². The number of rotatable bonds is 9. The highest BCUT2D eigenvalue weighted by Crippen LogP contribution is 2.30. The molecule has 9 nitrogen and oxygen atoms in total. The molecule has 0 fully saturated rings. The fourth-order valence-corrected chi connectivity index (χ4v) is 3.19. The van der Waals surface area contributed by atoms with Gasteiger partial charge in [0.25, 0.3) is 0 Å². The van der Waals surface area contributed by atoms with Crippen LogP contribution in [0.3, 0.4) is 0 Å². The number of H-pyrrole nitrogens is 1. The summed E-state index contributed by atoms with van der Waals surface area (Å²) in [6, 6.07) is 8.07. The van der Waals surface area contributed by atoms with Crippen LogP contribution in [-0.4, -0.2) is 49.2 Å². The normalized spacial score (nSPS) is 11.1. The number of imidazole rings is 1. The van der Waals surface area contributed by atoms with Crippen molar-refractivity contribution in [3.05, 3.63) is 49.1 Å². The number of aliphatic hydroxyl groups is 1. The smallest absolute Gasteiger partial charge is 0.200 e. The molecular formula is C22H26N8O. The number of fused-ring (bicyclic) bond motifs is 1. The van der Waals surface area contributed by atoms with Crippen LogP contribution in [0.5, 0.6) is 0 Å². The number of nitrogens with one attached hydrogen (secondary N) is 4. The maximum atomic E-state index is 8.93. The Kier molecular flexibility index (Phi) is 6.23. The molecule has 0 unspecified atom stereocenters. The fraction of sp³-hybridized carbons (Fsp3) is 0.273. The SMILES string of the molecule is CC(C)Nc1cc(Nc2ccc3nccnc3c2)ncc1-c1cnc(NCCCO)[nH]1. The molecule has 31 heavy (non-hydrogen) atoms. The Balaban J connectivity index is 1.59. The minimum Gasteiger partial charge on any atom is -0.396 e. The fourth-order valence-electron chi connectivity index (χ4n) is 3.19. The third-order valence-corrected chi connectivity index (χ3v) is 4.58. The van der Waals surface area contributed by atoms with Crippen LogP contribution in [-0.2, 0) is 0 Å². The minimum absolute atomic E-state index is 0.144. The van der Waals surface area contributed by atoms with Crippen LogP contribution in [0.4, 0.5) is 23.1 Å². The van der Waals surface area contributed by atoms with Crippen LogP contribution in [0.2, 0.25) is 0 Å². The second-order valence-electron chi connectivity index (χ2n) is 7.45. The number of benzene rings is 1. The molecule has 0 atom stereocenters. The standard InChI is InChI=1S/C22H26N8O/c1-14(2)28-18-11-21(29-15-4-5-17-19(10-15)24-8-7-23-17)26-12-16(18)20-13-27-22(30-20)25-6-3-9-31/h4-5,7-8,10-14,31H,3,6,9H2,1-2H3,(H2,25,27,30)(H2,26,28,29). The molecular weight excluding hydrogens is 392 g/mol. The number of hydrogen-bond acceptors (Lipinski definition) is 8. The van der Waals surface area contributed by atoms with E-state index in [1.807, 2.05) is 30.5 Å². The Morgan fingerprint density at radius 3 is 2.65 bits per heavy atom. The topological polar surface area (TPSA) is 124 Å². The predicted octanol–water partition coefficient (Wildman–Crippen LogP) is 3.77. The van der Waals surface area contributed by atoms with Gasteiger partial charge in [-0.3, -0.25) is 9.97 Å². The molecule has 4 rings (SSSR count). The maximum Gasteiger partial charge on any atom is 0.200 e. The van der Waals surface area contributed by atoms with Crippen LogP contribution in [0.1, 0.15) is 20.3 Å². The molecule has 3 heterocycles. The molecule has 0 amide bonds. The third-order valence-electron chi connectivity index (χ3n) is 4.58. The van der Waals surface area contributed by atoms with Gasteiger partial charge in [-0.1, -0.05) is 0 Å². The third kappa shape index (κ3) is 5.07.